The summed E-state index contributed by atoms with van der Waals surface area (Å²) in [5.41, 5.74) is 2.35. The lowest BCUT2D eigenvalue weighted by molar-refractivity contribution is 0.571. The van der Waals surface area contributed by atoms with E-state index in [9.17, 15) is 9.59 Å². The predicted octanol–water partition coefficient (Wildman–Crippen LogP) is 3.87. The molecule has 8 heteroatoms. The number of fused-ring (bicyclic) bond motifs is 1. The fourth-order valence-corrected chi connectivity index (χ4v) is 4.38. The van der Waals surface area contributed by atoms with E-state index in [-0.39, 0.29) is 16.2 Å². The highest BCUT2D eigenvalue weighted by molar-refractivity contribution is 7.15. The first-order valence-corrected chi connectivity index (χ1v) is 11.0. The molecule has 0 N–H and O–H groups in total. The number of aromatic nitrogens is 3. The predicted molar refractivity (Wildman–Crippen MR) is 125 cm³/mol. The average Bonchev–Trinajstić information content (AvgIpc) is 3.35. The normalized spacial score (nSPS) is 12.0. The van der Waals surface area contributed by atoms with Crippen LogP contribution in [-0.4, -0.2) is 14.6 Å². The van der Waals surface area contributed by atoms with Crippen molar-refractivity contribution < 1.29 is 4.42 Å². The number of benzene rings is 2. The van der Waals surface area contributed by atoms with Gasteiger partial charge in [0.15, 0.2) is 0 Å². The smallest absolute Gasteiger partial charge is 0.296 e. The van der Waals surface area contributed by atoms with E-state index in [0.717, 1.165) is 28.0 Å². The molecular weight excluding hydrogens is 446 g/mol. The summed E-state index contributed by atoms with van der Waals surface area (Å²) in [5, 5.41) is 4.90. The van der Waals surface area contributed by atoms with Crippen molar-refractivity contribution in [2.24, 2.45) is 0 Å². The van der Waals surface area contributed by atoms with E-state index in [1.165, 1.54) is 4.52 Å². The van der Waals surface area contributed by atoms with Gasteiger partial charge in [0, 0.05) is 23.1 Å². The van der Waals surface area contributed by atoms with E-state index >= 15 is 0 Å². The second-order valence-corrected chi connectivity index (χ2v) is 8.79. The standard InChI is InChI=1S/C24H16ClN3O3S/c1-14-5-7-15(8-6-14)11-19-22(29)26-24-28(27-19)23(30)21(32-24)13-18-9-10-20(31-18)16-3-2-4-17(25)12-16/h2-10,12-13H,11H2,1H3/b21-13+. The molecule has 3 aromatic heterocycles. The second kappa shape index (κ2) is 8.18. The van der Waals surface area contributed by atoms with Crippen LogP contribution in [0.2, 0.25) is 5.02 Å². The van der Waals surface area contributed by atoms with Crippen molar-refractivity contribution in [3.05, 3.63) is 114 Å². The van der Waals surface area contributed by atoms with Gasteiger partial charge in [-0.1, -0.05) is 64.9 Å². The van der Waals surface area contributed by atoms with Crippen LogP contribution in [0.15, 0.2) is 74.7 Å². The number of rotatable bonds is 4. The van der Waals surface area contributed by atoms with Gasteiger partial charge in [-0.3, -0.25) is 9.59 Å². The van der Waals surface area contributed by atoms with Crippen LogP contribution in [0.4, 0.5) is 0 Å². The van der Waals surface area contributed by atoms with Crippen LogP contribution in [-0.2, 0) is 6.42 Å². The molecule has 0 radical (unpaired) electrons. The first-order valence-electron chi connectivity index (χ1n) is 9.82. The summed E-state index contributed by atoms with van der Waals surface area (Å²) in [5.74, 6) is 1.14. The Balaban J connectivity index is 1.52. The molecule has 3 heterocycles. The summed E-state index contributed by atoms with van der Waals surface area (Å²) in [6, 6.07) is 18.7. The van der Waals surface area contributed by atoms with Gasteiger partial charge >= 0.3 is 0 Å². The number of halogens is 1. The van der Waals surface area contributed by atoms with Gasteiger partial charge in [0.2, 0.25) is 4.96 Å². The molecular formula is C24H16ClN3O3S. The monoisotopic (exact) mass is 461 g/mol. The summed E-state index contributed by atoms with van der Waals surface area (Å²) < 4.78 is 7.42. The summed E-state index contributed by atoms with van der Waals surface area (Å²) in [4.78, 5) is 29.7. The Kier molecular flexibility index (Phi) is 5.20. The van der Waals surface area contributed by atoms with Crippen LogP contribution in [0.3, 0.4) is 0 Å². The van der Waals surface area contributed by atoms with E-state index in [4.69, 9.17) is 16.0 Å². The van der Waals surface area contributed by atoms with Gasteiger partial charge in [-0.05, 0) is 36.8 Å². The molecule has 0 unspecified atom stereocenters. The number of furan rings is 1. The third kappa shape index (κ3) is 4.00. The molecule has 5 aromatic rings. The van der Waals surface area contributed by atoms with Gasteiger partial charge in [-0.15, -0.1) is 0 Å². The molecule has 0 saturated heterocycles. The zero-order valence-corrected chi connectivity index (χ0v) is 18.5. The first-order chi connectivity index (χ1) is 15.5. The molecule has 158 valence electrons. The SMILES string of the molecule is Cc1ccc(Cc2nn3c(=O)/c(=C\c4ccc(-c5cccc(Cl)c5)o4)sc3nc2=O)cc1. The quantitative estimate of drug-likeness (QED) is 0.406. The lowest BCUT2D eigenvalue weighted by Gasteiger charge is -2.01. The molecule has 0 aliphatic rings. The Labute approximate surface area is 191 Å². The molecule has 0 amide bonds. The van der Waals surface area contributed by atoms with Crippen LogP contribution in [0, 0.1) is 6.92 Å². The minimum atomic E-state index is -0.431. The van der Waals surface area contributed by atoms with Crippen molar-refractivity contribution in [3.8, 4) is 11.3 Å². The largest absolute Gasteiger partial charge is 0.457 e. The van der Waals surface area contributed by atoms with Crippen LogP contribution in [0.5, 0.6) is 0 Å². The molecule has 0 atom stereocenters. The van der Waals surface area contributed by atoms with E-state index in [0.29, 0.717) is 27.5 Å². The van der Waals surface area contributed by atoms with Gasteiger partial charge in [-0.2, -0.15) is 14.6 Å². The van der Waals surface area contributed by atoms with Crippen molar-refractivity contribution in [1.82, 2.24) is 14.6 Å². The lowest BCUT2D eigenvalue weighted by atomic mass is 10.1. The molecule has 32 heavy (non-hydrogen) atoms. The summed E-state index contributed by atoms with van der Waals surface area (Å²) in [6.45, 7) is 1.99. The van der Waals surface area contributed by atoms with Crippen molar-refractivity contribution in [1.29, 1.82) is 0 Å². The fourth-order valence-electron chi connectivity index (χ4n) is 3.31. The number of hydrogen-bond donors (Lipinski definition) is 0. The Morgan fingerprint density at radius 1 is 1.09 bits per heavy atom. The Hall–Kier alpha value is -3.55. The Bertz CT molecular complexity index is 1620. The van der Waals surface area contributed by atoms with Gasteiger partial charge in [0.05, 0.1) is 0 Å². The molecule has 0 aliphatic heterocycles. The molecule has 0 aliphatic carbocycles. The van der Waals surface area contributed by atoms with Gasteiger partial charge in [0.25, 0.3) is 11.1 Å². The van der Waals surface area contributed by atoms with Crippen LogP contribution < -0.4 is 15.7 Å². The first kappa shape index (κ1) is 20.4. The summed E-state index contributed by atoms with van der Waals surface area (Å²) in [6.07, 6.45) is 1.94. The maximum atomic E-state index is 12.9. The lowest BCUT2D eigenvalue weighted by Crippen LogP contribution is -2.28. The number of hydrogen-bond acceptors (Lipinski definition) is 6. The van der Waals surface area contributed by atoms with Gasteiger partial charge in [-0.25, -0.2) is 0 Å². The van der Waals surface area contributed by atoms with Crippen molar-refractivity contribution in [2.75, 3.05) is 0 Å². The van der Waals surface area contributed by atoms with E-state index < -0.39 is 5.56 Å². The number of thiazole rings is 1. The highest BCUT2D eigenvalue weighted by Crippen LogP contribution is 2.25. The topological polar surface area (TPSA) is 77.5 Å². The summed E-state index contributed by atoms with van der Waals surface area (Å²) >= 11 is 7.15. The van der Waals surface area contributed by atoms with Crippen molar-refractivity contribution in [2.45, 2.75) is 13.3 Å². The van der Waals surface area contributed by atoms with Crippen molar-refractivity contribution >= 4 is 34.0 Å². The van der Waals surface area contributed by atoms with E-state index in [1.807, 2.05) is 49.4 Å². The Morgan fingerprint density at radius 2 is 1.91 bits per heavy atom. The Morgan fingerprint density at radius 3 is 2.69 bits per heavy atom. The van der Waals surface area contributed by atoms with E-state index in [2.05, 4.69) is 10.1 Å². The highest BCUT2D eigenvalue weighted by atomic mass is 35.5. The maximum Gasteiger partial charge on any atom is 0.296 e. The number of nitrogens with zero attached hydrogens (tertiary/aromatic N) is 3. The van der Waals surface area contributed by atoms with Crippen LogP contribution in [0.25, 0.3) is 22.4 Å². The van der Waals surface area contributed by atoms with Crippen molar-refractivity contribution in [3.63, 3.8) is 0 Å². The molecule has 0 bridgehead atoms. The fraction of sp³-hybridized carbons (Fsp3) is 0.0833. The van der Waals surface area contributed by atoms with Gasteiger partial charge < -0.3 is 4.42 Å². The molecule has 2 aromatic carbocycles. The zero-order chi connectivity index (χ0) is 22.2. The van der Waals surface area contributed by atoms with Gasteiger partial charge in [0.1, 0.15) is 21.7 Å². The van der Waals surface area contributed by atoms with Crippen LogP contribution >= 0.6 is 22.9 Å². The molecule has 6 nitrogen and oxygen atoms in total. The minimum Gasteiger partial charge on any atom is -0.457 e. The minimum absolute atomic E-state index is 0.231. The van der Waals surface area contributed by atoms with E-state index in [1.54, 1.807) is 24.3 Å². The number of aryl methyl sites for hydroxylation is 1. The highest BCUT2D eigenvalue weighted by Gasteiger charge is 2.12. The van der Waals surface area contributed by atoms with Crippen LogP contribution in [0.1, 0.15) is 22.6 Å². The average molecular weight is 462 g/mol. The summed E-state index contributed by atoms with van der Waals surface area (Å²) in [7, 11) is 0. The molecule has 0 spiro atoms. The second-order valence-electron chi connectivity index (χ2n) is 7.35. The third-order valence-corrected chi connectivity index (χ3v) is 6.15. The third-order valence-electron chi connectivity index (χ3n) is 4.95. The molecule has 0 fully saturated rings. The zero-order valence-electron chi connectivity index (χ0n) is 16.9. The molecule has 5 rings (SSSR count). The maximum absolute atomic E-state index is 12.9. The molecule has 0 saturated carbocycles.